The largest absolute Gasteiger partial charge is 0.344 e. The van der Waals surface area contributed by atoms with E-state index in [1.54, 1.807) is 78.8 Å². The molecule has 0 saturated heterocycles. The number of halogens is 2. The van der Waals surface area contributed by atoms with Crippen LogP contribution < -0.4 is 37.1 Å². The van der Waals surface area contributed by atoms with E-state index in [0.717, 1.165) is 4.35 Å². The summed E-state index contributed by atoms with van der Waals surface area (Å²) in [5.41, 5.74) is 13.0. The number of hydrogen-bond donors (Lipinski definition) is 6. The zero-order valence-electron chi connectivity index (χ0n) is 26.9. The number of amides is 4. The second-order valence-corrected chi connectivity index (χ2v) is 13.5. The minimum Gasteiger partial charge on any atom is -0.344 e. The van der Waals surface area contributed by atoms with Gasteiger partial charge in [-0.1, -0.05) is 18.2 Å². The molecule has 0 saturated carbocycles. The summed E-state index contributed by atoms with van der Waals surface area (Å²) in [5.74, 6) is -1.89. The molecule has 0 fully saturated rings. The zero-order chi connectivity index (χ0) is 35.3. The number of carbonyl (C=O) groups excluding carboxylic acids is 5. The number of hydrogen-bond acceptors (Lipinski definition) is 6. The Kier molecular flexibility index (Phi) is 12.7. The maximum absolute atomic E-state index is 13.2. The van der Waals surface area contributed by atoms with Gasteiger partial charge >= 0.3 is 219 Å². The third-order valence-electron chi connectivity index (χ3n) is 6.86. The molecular weight excluding hydrogens is 740 g/mol. The predicted molar refractivity (Wildman–Crippen MR) is 191 cm³/mol. The minimum absolute atomic E-state index is 0. The van der Waals surface area contributed by atoms with E-state index in [1.165, 1.54) is 16.7 Å². The van der Waals surface area contributed by atoms with E-state index in [4.69, 9.17) is 23.1 Å². The van der Waals surface area contributed by atoms with E-state index in [2.05, 4.69) is 32.8 Å². The van der Waals surface area contributed by atoms with E-state index in [0.29, 0.717) is 28.5 Å². The summed E-state index contributed by atoms with van der Waals surface area (Å²) in [5, 5.41) is 10.6. The van der Waals surface area contributed by atoms with E-state index < -0.39 is 33.5 Å². The molecular formula is C30H35AsCl2N11O5. The molecule has 0 bridgehead atoms. The maximum atomic E-state index is 13.2. The van der Waals surface area contributed by atoms with Crippen molar-refractivity contribution in [2.24, 2.45) is 44.7 Å². The first kappa shape index (κ1) is 38.3. The van der Waals surface area contributed by atoms with Gasteiger partial charge in [0.1, 0.15) is 0 Å². The van der Waals surface area contributed by atoms with Gasteiger partial charge in [0.15, 0.2) is 0 Å². The number of aliphatic imine (C=N–C) groups is 1. The third kappa shape index (κ3) is 9.69. The van der Waals surface area contributed by atoms with Crippen molar-refractivity contribution >= 4 is 95.3 Å². The molecule has 4 rings (SSSR count). The Hall–Kier alpha value is -5.18. The molecule has 4 heterocycles. The van der Waals surface area contributed by atoms with Crippen molar-refractivity contribution in [1.29, 1.82) is 0 Å². The SMILES string of the molecule is C=C(Cl)C(=O)Nc1cc(C(=O)Nc2cc(C(=O)Nc3cc(C(=O)[As]c4cc(C(=O)NCCN=C(N)N)n(C)c4)n(C)c3)n(C)c2)n(C)c1.Cl. The molecule has 0 aliphatic heterocycles. The number of nitrogens with one attached hydrogen (secondary N) is 4. The Bertz CT molecular complexity index is 1970. The Morgan fingerprint density at radius 3 is 1.69 bits per heavy atom. The van der Waals surface area contributed by atoms with Gasteiger partial charge in [0, 0.05) is 13.2 Å². The number of carbonyl (C=O) groups is 5. The van der Waals surface area contributed by atoms with Crippen LogP contribution in [0.2, 0.25) is 0 Å². The Morgan fingerprint density at radius 1 is 0.735 bits per heavy atom. The first-order valence-electron chi connectivity index (χ1n) is 14.2. The number of rotatable bonds is 13. The van der Waals surface area contributed by atoms with Crippen molar-refractivity contribution in [3.8, 4) is 0 Å². The molecule has 19 heteroatoms. The first-order valence-corrected chi connectivity index (χ1v) is 16.4. The van der Waals surface area contributed by atoms with Crippen molar-refractivity contribution in [1.82, 2.24) is 23.6 Å². The summed E-state index contributed by atoms with van der Waals surface area (Å²) in [7, 11) is 6.72. The van der Waals surface area contributed by atoms with Crippen LogP contribution in [0.4, 0.5) is 17.1 Å². The topological polar surface area (TPSA) is 218 Å². The number of guanidine groups is 1. The zero-order valence-corrected chi connectivity index (χ0v) is 30.4. The number of nitrogens with zero attached hydrogens (tertiary/aromatic N) is 5. The van der Waals surface area contributed by atoms with Gasteiger partial charge in [-0.2, -0.15) is 0 Å². The molecule has 0 aliphatic rings. The van der Waals surface area contributed by atoms with Crippen LogP contribution in [-0.2, 0) is 33.0 Å². The first-order chi connectivity index (χ1) is 22.6. The van der Waals surface area contributed by atoms with Gasteiger partial charge in [-0.25, -0.2) is 0 Å². The molecule has 4 aromatic heterocycles. The predicted octanol–water partition coefficient (Wildman–Crippen LogP) is 0.831. The normalized spacial score (nSPS) is 10.7. The Morgan fingerprint density at radius 2 is 1.18 bits per heavy atom. The van der Waals surface area contributed by atoms with E-state index in [1.807, 2.05) is 0 Å². The number of anilines is 3. The number of aryl methyl sites for hydroxylation is 4. The van der Waals surface area contributed by atoms with Crippen LogP contribution in [0.1, 0.15) is 42.0 Å². The summed E-state index contributed by atoms with van der Waals surface area (Å²) >= 11 is 4.62. The molecule has 49 heavy (non-hydrogen) atoms. The van der Waals surface area contributed by atoms with Crippen LogP contribution in [-0.4, -0.2) is 81.3 Å². The number of nitrogens with two attached hydrogens (primary N) is 2. The third-order valence-corrected chi connectivity index (χ3v) is 9.00. The summed E-state index contributed by atoms with van der Waals surface area (Å²) in [6.45, 7) is 3.87. The van der Waals surface area contributed by atoms with E-state index >= 15 is 0 Å². The van der Waals surface area contributed by atoms with E-state index in [-0.39, 0.29) is 58.4 Å². The van der Waals surface area contributed by atoms with Gasteiger partial charge in [-0.05, 0) is 6.07 Å². The fourth-order valence-corrected chi connectivity index (χ4v) is 6.73. The molecule has 1 radical (unpaired) electrons. The molecule has 0 unspecified atom stereocenters. The summed E-state index contributed by atoms with van der Waals surface area (Å²) in [6, 6.07) is 6.26. The Balaban J connectivity index is 0.00000650. The van der Waals surface area contributed by atoms with Crippen LogP contribution in [0.25, 0.3) is 0 Å². The van der Waals surface area contributed by atoms with Gasteiger partial charge in [-0.3, -0.25) is 4.79 Å². The summed E-state index contributed by atoms with van der Waals surface area (Å²) in [6.07, 6.45) is 6.50. The second kappa shape index (κ2) is 16.3. The van der Waals surface area contributed by atoms with Gasteiger partial charge < -0.3 is 9.88 Å². The van der Waals surface area contributed by atoms with Crippen LogP contribution in [0.5, 0.6) is 0 Å². The maximum Gasteiger partial charge on any atom is 0.0276 e. The minimum atomic E-state index is -0.997. The molecule has 0 spiro atoms. The quantitative estimate of drug-likeness (QED) is 0.0378. The van der Waals surface area contributed by atoms with Crippen molar-refractivity contribution < 1.29 is 24.0 Å². The molecule has 259 valence electrons. The average molecular weight is 776 g/mol. The molecule has 4 amide bonds. The van der Waals surface area contributed by atoms with Crippen molar-refractivity contribution in [2.45, 2.75) is 0 Å². The van der Waals surface area contributed by atoms with Gasteiger partial charge in [-0.15, -0.1) is 12.4 Å². The Labute approximate surface area is 299 Å². The molecule has 16 nitrogen and oxygen atoms in total. The van der Waals surface area contributed by atoms with Crippen molar-refractivity contribution in [3.63, 3.8) is 0 Å². The molecule has 0 aromatic carbocycles. The molecule has 0 atom stereocenters. The monoisotopic (exact) mass is 774 g/mol. The van der Waals surface area contributed by atoms with Gasteiger partial charge in [0.05, 0.1) is 10.7 Å². The van der Waals surface area contributed by atoms with Crippen LogP contribution in [0, 0.1) is 0 Å². The number of aromatic nitrogens is 4. The van der Waals surface area contributed by atoms with Crippen molar-refractivity contribution in [2.75, 3.05) is 29.0 Å². The van der Waals surface area contributed by atoms with Gasteiger partial charge in [0.2, 0.25) is 0 Å². The second-order valence-electron chi connectivity index (χ2n) is 10.6. The van der Waals surface area contributed by atoms with E-state index in [9.17, 15) is 24.0 Å². The fourth-order valence-electron chi connectivity index (χ4n) is 4.61. The standard InChI is InChI=1S/C30H34AsClN11O5.ClH/c1-16(32)26(45)37-19-10-23(42(4)14-19)29(48)39-20-11-24(43(5)15-20)28(47)38-18-9-21(41(3)13-18)25(44)31-17-8-22(40(2)12-17)27(46)35-6-7-36-30(33)34;/h8-15H,1,6-7H2,2-5H3,(H,35,46)(H,37,45)(H,38,47)(H,39,48)(H4,33,34,36);1H. The van der Waals surface area contributed by atoms with Gasteiger partial charge in [0.25, 0.3) is 5.91 Å². The van der Waals surface area contributed by atoms with Crippen molar-refractivity contribution in [3.05, 3.63) is 83.4 Å². The molecule has 8 N–H and O–H groups in total. The summed E-state index contributed by atoms with van der Waals surface area (Å²) in [4.78, 5) is 67.6. The van der Waals surface area contributed by atoms with Crippen LogP contribution in [0.15, 0.2) is 65.7 Å². The molecule has 4 aromatic rings. The molecule has 0 aliphatic carbocycles. The van der Waals surface area contributed by atoms with Crippen LogP contribution in [0.3, 0.4) is 0 Å². The smallest absolute Gasteiger partial charge is 0.0276 e. The van der Waals surface area contributed by atoms with Crippen LogP contribution >= 0.6 is 24.0 Å². The fraction of sp³-hybridized carbons (Fsp3) is 0.200. The average Bonchev–Trinajstić information content (AvgIpc) is 3.76. The summed E-state index contributed by atoms with van der Waals surface area (Å²) < 4.78 is 6.97.